The molecular formula is C18H14O4. The monoisotopic (exact) mass is 294 g/mol. The van der Waals surface area contributed by atoms with Gasteiger partial charge < -0.3 is 9.47 Å². The van der Waals surface area contributed by atoms with Crippen molar-refractivity contribution in [1.29, 1.82) is 0 Å². The van der Waals surface area contributed by atoms with Crippen molar-refractivity contribution in [2.75, 3.05) is 0 Å². The summed E-state index contributed by atoms with van der Waals surface area (Å²) in [6, 6.07) is 16.7. The molecule has 1 saturated heterocycles. The maximum atomic E-state index is 12.2. The molecule has 3 atom stereocenters. The minimum absolute atomic E-state index is 0.349. The fraction of sp³-hybridized carbons (Fsp3) is 0.222. The number of benzene rings is 2. The van der Waals surface area contributed by atoms with Gasteiger partial charge in [-0.15, -0.1) is 0 Å². The summed E-state index contributed by atoms with van der Waals surface area (Å²) in [6.45, 7) is 1.81. The van der Waals surface area contributed by atoms with E-state index in [1.165, 1.54) is 0 Å². The molecule has 2 aromatic rings. The first-order chi connectivity index (χ1) is 10.6. The lowest BCUT2D eigenvalue weighted by molar-refractivity contribution is -0.193. The summed E-state index contributed by atoms with van der Waals surface area (Å²) in [6.07, 6.45) is 0. The van der Waals surface area contributed by atoms with E-state index in [9.17, 15) is 9.59 Å². The van der Waals surface area contributed by atoms with Gasteiger partial charge in [-0.1, -0.05) is 55.5 Å². The van der Waals surface area contributed by atoms with Crippen molar-refractivity contribution in [3.8, 4) is 0 Å². The lowest BCUT2D eigenvalue weighted by atomic mass is 9.80. The van der Waals surface area contributed by atoms with E-state index in [-0.39, 0.29) is 17.8 Å². The van der Waals surface area contributed by atoms with Crippen LogP contribution in [0.5, 0.6) is 0 Å². The van der Waals surface area contributed by atoms with Crippen LogP contribution in [0.25, 0.3) is 0 Å². The van der Waals surface area contributed by atoms with Crippen molar-refractivity contribution >= 4 is 11.9 Å². The molecule has 0 saturated carbocycles. The Labute approximate surface area is 127 Å². The smallest absolute Gasteiger partial charge is 0.342 e. The quantitative estimate of drug-likeness (QED) is 0.759. The number of fused-ring (bicyclic) bond motifs is 2. The van der Waals surface area contributed by atoms with Crippen LogP contribution < -0.4 is 0 Å². The van der Waals surface area contributed by atoms with Gasteiger partial charge in [-0.2, -0.15) is 0 Å². The third-order valence-electron chi connectivity index (χ3n) is 4.46. The van der Waals surface area contributed by atoms with Gasteiger partial charge in [0, 0.05) is 0 Å². The average Bonchev–Trinajstić information content (AvgIpc) is 2.95. The van der Waals surface area contributed by atoms with E-state index in [0.29, 0.717) is 11.1 Å². The minimum atomic E-state index is -1.34. The third kappa shape index (κ3) is 1.58. The first kappa shape index (κ1) is 13.1. The Morgan fingerprint density at radius 1 is 0.909 bits per heavy atom. The van der Waals surface area contributed by atoms with Crippen molar-refractivity contribution < 1.29 is 19.1 Å². The van der Waals surface area contributed by atoms with Gasteiger partial charge in [-0.05, 0) is 11.6 Å². The van der Waals surface area contributed by atoms with Gasteiger partial charge in [0.15, 0.2) is 0 Å². The summed E-state index contributed by atoms with van der Waals surface area (Å²) in [5.41, 5.74) is 2.02. The van der Waals surface area contributed by atoms with E-state index < -0.39 is 11.8 Å². The van der Waals surface area contributed by atoms with Crippen LogP contribution in [0.4, 0.5) is 0 Å². The molecule has 0 aromatic heterocycles. The second-order valence-corrected chi connectivity index (χ2v) is 5.70. The Morgan fingerprint density at radius 3 is 2.36 bits per heavy atom. The highest BCUT2D eigenvalue weighted by Gasteiger charge is 2.62. The number of hydrogen-bond acceptors (Lipinski definition) is 4. The summed E-state index contributed by atoms with van der Waals surface area (Å²) in [5, 5.41) is 0. The first-order valence-electron chi connectivity index (χ1n) is 7.24. The van der Waals surface area contributed by atoms with Gasteiger partial charge in [0.2, 0.25) is 0 Å². The van der Waals surface area contributed by atoms with E-state index >= 15 is 0 Å². The maximum absolute atomic E-state index is 12.2. The molecule has 22 heavy (non-hydrogen) atoms. The highest BCUT2D eigenvalue weighted by Crippen LogP contribution is 2.55. The molecule has 2 heterocycles. The summed E-state index contributed by atoms with van der Waals surface area (Å²) < 4.78 is 11.2. The second-order valence-electron chi connectivity index (χ2n) is 5.70. The van der Waals surface area contributed by atoms with Gasteiger partial charge in [0.25, 0.3) is 5.79 Å². The van der Waals surface area contributed by atoms with Gasteiger partial charge in [-0.3, -0.25) is 4.79 Å². The number of carbonyl (C=O) groups is 2. The van der Waals surface area contributed by atoms with Crippen LogP contribution in [0.15, 0.2) is 54.6 Å². The zero-order valence-corrected chi connectivity index (χ0v) is 12.0. The Kier molecular flexibility index (Phi) is 2.64. The fourth-order valence-electron chi connectivity index (χ4n) is 3.46. The lowest BCUT2D eigenvalue weighted by Crippen LogP contribution is -2.32. The van der Waals surface area contributed by atoms with E-state index in [1.807, 2.05) is 43.3 Å². The topological polar surface area (TPSA) is 52.6 Å². The van der Waals surface area contributed by atoms with Crippen molar-refractivity contribution in [3.63, 3.8) is 0 Å². The zero-order valence-electron chi connectivity index (χ0n) is 12.0. The number of carbonyl (C=O) groups excluding carboxylic acids is 2. The SMILES string of the molecule is C[C@@H]1C(=O)O[C@]2(OC(=O)c3ccccc32)[C@@H]1c1ccccc1. The van der Waals surface area contributed by atoms with Gasteiger partial charge in [-0.25, -0.2) is 4.79 Å². The van der Waals surface area contributed by atoms with E-state index in [1.54, 1.807) is 18.2 Å². The van der Waals surface area contributed by atoms with Crippen LogP contribution in [0.1, 0.15) is 34.3 Å². The summed E-state index contributed by atoms with van der Waals surface area (Å²) >= 11 is 0. The van der Waals surface area contributed by atoms with Crippen molar-refractivity contribution in [3.05, 3.63) is 71.3 Å². The van der Waals surface area contributed by atoms with E-state index in [2.05, 4.69) is 0 Å². The molecule has 4 rings (SSSR count). The molecule has 0 N–H and O–H groups in total. The molecule has 1 spiro atoms. The second kappa shape index (κ2) is 4.44. The van der Waals surface area contributed by atoms with Crippen LogP contribution in [0.2, 0.25) is 0 Å². The Bertz CT molecular complexity index is 764. The Balaban J connectivity index is 1.94. The number of rotatable bonds is 1. The minimum Gasteiger partial charge on any atom is -0.417 e. The number of hydrogen-bond donors (Lipinski definition) is 0. The van der Waals surface area contributed by atoms with Gasteiger partial charge in [0.1, 0.15) is 0 Å². The van der Waals surface area contributed by atoms with Crippen LogP contribution in [0, 0.1) is 5.92 Å². The number of ether oxygens (including phenoxy) is 2. The Hall–Kier alpha value is -2.62. The molecule has 4 heteroatoms. The van der Waals surface area contributed by atoms with Crippen molar-refractivity contribution in [2.45, 2.75) is 18.6 Å². The van der Waals surface area contributed by atoms with E-state index in [4.69, 9.17) is 9.47 Å². The van der Waals surface area contributed by atoms with E-state index in [0.717, 1.165) is 5.56 Å². The van der Waals surface area contributed by atoms with Crippen LogP contribution in [-0.2, 0) is 20.1 Å². The van der Waals surface area contributed by atoms with Crippen molar-refractivity contribution in [2.24, 2.45) is 5.92 Å². The molecule has 2 aliphatic rings. The zero-order chi connectivity index (χ0) is 15.3. The van der Waals surface area contributed by atoms with Crippen molar-refractivity contribution in [1.82, 2.24) is 0 Å². The molecule has 2 aliphatic heterocycles. The maximum Gasteiger partial charge on any atom is 0.342 e. The molecule has 110 valence electrons. The third-order valence-corrected chi connectivity index (χ3v) is 4.46. The average molecular weight is 294 g/mol. The summed E-state index contributed by atoms with van der Waals surface area (Å²) in [7, 11) is 0. The molecule has 0 bridgehead atoms. The molecule has 0 amide bonds. The molecule has 2 aromatic carbocycles. The molecule has 1 fully saturated rings. The van der Waals surface area contributed by atoms with Gasteiger partial charge in [0.05, 0.1) is 23.0 Å². The predicted molar refractivity (Wildman–Crippen MR) is 78.0 cm³/mol. The molecule has 0 unspecified atom stereocenters. The summed E-state index contributed by atoms with van der Waals surface area (Å²) in [5.74, 6) is -2.88. The molecule has 0 aliphatic carbocycles. The lowest BCUT2D eigenvalue weighted by Gasteiger charge is -2.29. The molecule has 0 radical (unpaired) electrons. The first-order valence-corrected chi connectivity index (χ1v) is 7.24. The largest absolute Gasteiger partial charge is 0.417 e. The standard InChI is InChI=1S/C18H14O4/c1-11-15(12-7-3-2-4-8-12)18(21-16(11)19)14-10-6-5-9-13(14)17(20)22-18/h2-11,15H,1H3/t11-,15-,18+/m0/s1. The Morgan fingerprint density at radius 2 is 1.59 bits per heavy atom. The highest BCUT2D eigenvalue weighted by atomic mass is 16.7. The number of esters is 2. The summed E-state index contributed by atoms with van der Waals surface area (Å²) in [4.78, 5) is 24.4. The normalized spacial score (nSPS) is 29.3. The highest BCUT2D eigenvalue weighted by molar-refractivity contribution is 5.95. The molecular weight excluding hydrogens is 280 g/mol. The van der Waals surface area contributed by atoms with Crippen LogP contribution >= 0.6 is 0 Å². The molecule has 4 nitrogen and oxygen atoms in total. The predicted octanol–water partition coefficient (Wildman–Crippen LogP) is 2.99. The fourth-order valence-corrected chi connectivity index (χ4v) is 3.46. The van der Waals surface area contributed by atoms with Gasteiger partial charge >= 0.3 is 11.9 Å². The van der Waals surface area contributed by atoms with Crippen LogP contribution in [-0.4, -0.2) is 11.9 Å². The van der Waals surface area contributed by atoms with Crippen LogP contribution in [0.3, 0.4) is 0 Å².